The van der Waals surface area contributed by atoms with E-state index < -0.39 is 5.60 Å². The summed E-state index contributed by atoms with van der Waals surface area (Å²) in [5.41, 5.74) is 5.09. The molecule has 1 aliphatic heterocycles. The highest BCUT2D eigenvalue weighted by Gasteiger charge is 2.53. The van der Waals surface area contributed by atoms with Crippen LogP contribution in [0.1, 0.15) is 33.6 Å². The van der Waals surface area contributed by atoms with Crippen molar-refractivity contribution in [2.45, 2.75) is 44.8 Å². The van der Waals surface area contributed by atoms with Crippen LogP contribution < -0.4 is 10.6 Å². The smallest absolute Gasteiger partial charge is 0.410 e. The molecule has 2 fully saturated rings. The SMILES string of the molecule is CC(C)(C)OC(=O)N1CCN(c2nnc(Cl)c(N)n2)C2(CC2)C1. The molecule has 1 saturated carbocycles. The lowest BCUT2D eigenvalue weighted by Gasteiger charge is -2.42. The summed E-state index contributed by atoms with van der Waals surface area (Å²) in [7, 11) is 0. The van der Waals surface area contributed by atoms with Crippen LogP contribution in [0.3, 0.4) is 0 Å². The van der Waals surface area contributed by atoms with Crippen molar-refractivity contribution in [3.05, 3.63) is 5.15 Å². The summed E-state index contributed by atoms with van der Waals surface area (Å²) in [5.74, 6) is 0.635. The third kappa shape index (κ3) is 3.26. The molecular weight excluding hydrogens is 320 g/mol. The Balaban J connectivity index is 1.74. The molecular formula is C14H21ClN6O2. The monoisotopic (exact) mass is 340 g/mol. The summed E-state index contributed by atoms with van der Waals surface area (Å²) in [4.78, 5) is 20.3. The number of piperazine rings is 1. The Bertz CT molecular complexity index is 628. The predicted octanol–water partition coefficient (Wildman–Crippen LogP) is 1.70. The van der Waals surface area contributed by atoms with Crippen molar-refractivity contribution in [1.82, 2.24) is 20.1 Å². The molecule has 0 radical (unpaired) electrons. The van der Waals surface area contributed by atoms with Crippen molar-refractivity contribution >= 4 is 29.5 Å². The van der Waals surface area contributed by atoms with Gasteiger partial charge in [0.1, 0.15) is 5.60 Å². The van der Waals surface area contributed by atoms with Gasteiger partial charge < -0.3 is 20.3 Å². The standard InChI is InChI=1S/C14H21ClN6O2/c1-13(2,3)23-12(22)20-6-7-21(14(8-20)4-5-14)11-17-10(16)9(15)18-19-11/h4-8H2,1-3H3,(H2,16,17,19). The van der Waals surface area contributed by atoms with Crippen LogP contribution in [0.15, 0.2) is 0 Å². The highest BCUT2D eigenvalue weighted by molar-refractivity contribution is 6.31. The van der Waals surface area contributed by atoms with Gasteiger partial charge in [0, 0.05) is 19.6 Å². The normalized spacial score (nSPS) is 19.8. The molecule has 0 unspecified atom stereocenters. The molecule has 0 bridgehead atoms. The number of nitrogens with two attached hydrogens (primary N) is 1. The first-order valence-corrected chi connectivity index (χ1v) is 7.99. The van der Waals surface area contributed by atoms with Crippen LogP contribution >= 0.6 is 11.6 Å². The van der Waals surface area contributed by atoms with Crippen molar-refractivity contribution in [2.24, 2.45) is 0 Å². The van der Waals surface area contributed by atoms with E-state index in [1.54, 1.807) is 4.90 Å². The minimum atomic E-state index is -0.497. The fourth-order valence-electron chi connectivity index (χ4n) is 2.77. The molecule has 2 aliphatic rings. The van der Waals surface area contributed by atoms with Crippen molar-refractivity contribution < 1.29 is 9.53 Å². The number of carbonyl (C=O) groups is 1. The zero-order valence-electron chi connectivity index (χ0n) is 13.5. The molecule has 2 N–H and O–H groups in total. The number of aromatic nitrogens is 3. The maximum Gasteiger partial charge on any atom is 0.410 e. The van der Waals surface area contributed by atoms with Crippen LogP contribution in [-0.2, 0) is 4.74 Å². The summed E-state index contributed by atoms with van der Waals surface area (Å²) in [5, 5.41) is 7.98. The lowest BCUT2D eigenvalue weighted by atomic mass is 10.1. The van der Waals surface area contributed by atoms with Gasteiger partial charge in [-0.15, -0.1) is 10.2 Å². The summed E-state index contributed by atoms with van der Waals surface area (Å²) in [6.07, 6.45) is 1.66. The second-order valence-electron chi connectivity index (χ2n) is 7.07. The van der Waals surface area contributed by atoms with Gasteiger partial charge in [0.2, 0.25) is 5.95 Å². The van der Waals surface area contributed by atoms with Crippen LogP contribution in [0.2, 0.25) is 5.15 Å². The number of nitrogens with zero attached hydrogens (tertiary/aromatic N) is 5. The number of hydrogen-bond acceptors (Lipinski definition) is 7. The van der Waals surface area contributed by atoms with Gasteiger partial charge in [-0.2, -0.15) is 4.98 Å². The van der Waals surface area contributed by atoms with Gasteiger partial charge in [-0.25, -0.2) is 4.79 Å². The van der Waals surface area contributed by atoms with E-state index >= 15 is 0 Å². The Morgan fingerprint density at radius 1 is 1.30 bits per heavy atom. The number of anilines is 2. The Labute approximate surface area is 139 Å². The van der Waals surface area contributed by atoms with Crippen molar-refractivity contribution in [2.75, 3.05) is 30.3 Å². The summed E-state index contributed by atoms with van der Waals surface area (Å²) < 4.78 is 5.46. The summed E-state index contributed by atoms with van der Waals surface area (Å²) >= 11 is 5.78. The number of halogens is 1. The van der Waals surface area contributed by atoms with Crippen LogP contribution in [0.4, 0.5) is 16.6 Å². The zero-order chi connectivity index (χ0) is 16.8. The first-order valence-electron chi connectivity index (χ1n) is 7.61. The van der Waals surface area contributed by atoms with Crippen molar-refractivity contribution in [3.63, 3.8) is 0 Å². The zero-order valence-corrected chi connectivity index (χ0v) is 14.3. The molecule has 1 amide bonds. The molecule has 1 aromatic rings. The minimum Gasteiger partial charge on any atom is -0.444 e. The van der Waals surface area contributed by atoms with E-state index in [0.717, 1.165) is 12.8 Å². The topological polar surface area (TPSA) is 97.5 Å². The predicted molar refractivity (Wildman–Crippen MR) is 86.4 cm³/mol. The van der Waals surface area contributed by atoms with E-state index in [1.807, 2.05) is 20.8 Å². The number of amides is 1. The molecule has 1 aromatic heterocycles. The van der Waals surface area contributed by atoms with Gasteiger partial charge in [0.15, 0.2) is 11.0 Å². The first kappa shape index (κ1) is 16.0. The fraction of sp³-hybridized carbons (Fsp3) is 0.714. The van der Waals surface area contributed by atoms with Gasteiger partial charge in [-0.1, -0.05) is 11.6 Å². The number of nitrogen functional groups attached to an aromatic ring is 1. The molecule has 1 spiro atoms. The van der Waals surface area contributed by atoms with E-state index in [4.69, 9.17) is 22.1 Å². The van der Waals surface area contributed by atoms with Crippen molar-refractivity contribution in [1.29, 1.82) is 0 Å². The highest BCUT2D eigenvalue weighted by Crippen LogP contribution is 2.45. The Morgan fingerprint density at radius 2 is 2.00 bits per heavy atom. The van der Waals surface area contributed by atoms with E-state index in [1.165, 1.54) is 0 Å². The van der Waals surface area contributed by atoms with E-state index in [2.05, 4.69) is 20.1 Å². The van der Waals surface area contributed by atoms with Gasteiger partial charge in [-0.3, -0.25) is 0 Å². The third-order valence-electron chi connectivity index (χ3n) is 4.03. The first-order chi connectivity index (χ1) is 10.7. The third-order valence-corrected chi connectivity index (χ3v) is 4.30. The van der Waals surface area contributed by atoms with Crippen LogP contribution in [0, 0.1) is 0 Å². The second kappa shape index (κ2) is 5.36. The van der Waals surface area contributed by atoms with Crippen LogP contribution in [0.5, 0.6) is 0 Å². The maximum atomic E-state index is 12.3. The van der Waals surface area contributed by atoms with E-state index in [0.29, 0.717) is 25.6 Å². The molecule has 1 saturated heterocycles. The molecule has 23 heavy (non-hydrogen) atoms. The molecule has 0 aromatic carbocycles. The molecule has 126 valence electrons. The van der Waals surface area contributed by atoms with Gasteiger partial charge in [0.25, 0.3) is 0 Å². The number of hydrogen-bond donors (Lipinski definition) is 1. The molecule has 0 atom stereocenters. The highest BCUT2D eigenvalue weighted by atomic mass is 35.5. The fourth-order valence-corrected chi connectivity index (χ4v) is 2.85. The molecule has 8 nitrogen and oxygen atoms in total. The van der Waals surface area contributed by atoms with Gasteiger partial charge in [0.05, 0.1) is 5.54 Å². The number of carbonyl (C=O) groups excluding carboxylic acids is 1. The number of ether oxygens (including phenoxy) is 1. The van der Waals surface area contributed by atoms with Crippen LogP contribution in [-0.4, -0.2) is 56.9 Å². The minimum absolute atomic E-state index is 0.103. The largest absolute Gasteiger partial charge is 0.444 e. The Hall–Kier alpha value is -1.83. The van der Waals surface area contributed by atoms with Gasteiger partial charge >= 0.3 is 6.09 Å². The average Bonchev–Trinajstić information content (AvgIpc) is 3.20. The average molecular weight is 341 g/mol. The van der Waals surface area contributed by atoms with Crippen molar-refractivity contribution in [3.8, 4) is 0 Å². The quantitative estimate of drug-likeness (QED) is 0.830. The lowest BCUT2D eigenvalue weighted by Crippen LogP contribution is -2.57. The van der Waals surface area contributed by atoms with E-state index in [9.17, 15) is 4.79 Å². The Kier molecular flexibility index (Phi) is 3.74. The molecule has 9 heteroatoms. The van der Waals surface area contributed by atoms with E-state index in [-0.39, 0.29) is 22.6 Å². The summed E-state index contributed by atoms with van der Waals surface area (Å²) in [6.45, 7) is 7.34. The lowest BCUT2D eigenvalue weighted by molar-refractivity contribution is 0.0204. The molecule has 3 rings (SSSR count). The second-order valence-corrected chi connectivity index (χ2v) is 7.42. The summed E-state index contributed by atoms with van der Waals surface area (Å²) in [6, 6.07) is 0. The van der Waals surface area contributed by atoms with Gasteiger partial charge in [-0.05, 0) is 33.6 Å². The molecule has 1 aliphatic carbocycles. The Morgan fingerprint density at radius 3 is 2.57 bits per heavy atom. The maximum absolute atomic E-state index is 12.3. The number of rotatable bonds is 1. The molecule has 2 heterocycles. The van der Waals surface area contributed by atoms with Crippen LogP contribution in [0.25, 0.3) is 0 Å².